The average molecular weight is 208 g/mol. The van der Waals surface area contributed by atoms with Crippen molar-refractivity contribution in [3.63, 3.8) is 0 Å². The molecule has 0 saturated heterocycles. The van der Waals surface area contributed by atoms with E-state index in [1.165, 1.54) is 0 Å². The van der Waals surface area contributed by atoms with Crippen LogP contribution in [-0.2, 0) is 4.79 Å². The van der Waals surface area contributed by atoms with Gasteiger partial charge in [-0.15, -0.1) is 0 Å². The summed E-state index contributed by atoms with van der Waals surface area (Å²) in [6, 6.07) is 0. The normalized spacial score (nSPS) is 21.5. The molecule has 0 radical (unpaired) electrons. The molecule has 0 bridgehead atoms. The van der Waals surface area contributed by atoms with E-state index in [1.807, 2.05) is 0 Å². The van der Waals surface area contributed by atoms with Crippen molar-refractivity contribution in [1.29, 1.82) is 0 Å². The Hall–Kier alpha value is -1.20. The Morgan fingerprint density at radius 3 is 2.00 bits per heavy atom. The number of nitrogens with two attached hydrogens (primary N) is 2. The largest absolute Gasteiger partial charge is 0.401 e. The number of allylic oxidation sites excluding steroid dienone is 1. The van der Waals surface area contributed by atoms with E-state index in [9.17, 15) is 18.0 Å². The lowest BCUT2D eigenvalue weighted by molar-refractivity contribution is -0.234. The van der Waals surface area contributed by atoms with E-state index in [0.717, 1.165) is 0 Å². The zero-order chi connectivity index (χ0) is 11.0. The van der Waals surface area contributed by atoms with E-state index in [1.54, 1.807) is 0 Å². The van der Waals surface area contributed by atoms with Crippen LogP contribution in [0.1, 0.15) is 19.3 Å². The summed E-state index contributed by atoms with van der Waals surface area (Å²) in [7, 11) is 0. The van der Waals surface area contributed by atoms with Crippen molar-refractivity contribution in [1.82, 2.24) is 0 Å². The minimum atomic E-state index is -4.40. The van der Waals surface area contributed by atoms with Crippen LogP contribution in [0.15, 0.2) is 11.8 Å². The number of hydrogen-bond acceptors (Lipinski definition) is 2. The summed E-state index contributed by atoms with van der Waals surface area (Å²) < 4.78 is 37.8. The van der Waals surface area contributed by atoms with Gasteiger partial charge in [-0.25, -0.2) is 0 Å². The van der Waals surface area contributed by atoms with Gasteiger partial charge in [-0.1, -0.05) is 6.42 Å². The highest BCUT2D eigenvalue weighted by Crippen LogP contribution is 2.56. The maximum Gasteiger partial charge on any atom is 0.399 e. The number of amides is 1. The summed E-state index contributed by atoms with van der Waals surface area (Å²) in [5.41, 5.74) is 7.51. The third-order valence-corrected chi connectivity index (χ3v) is 2.60. The lowest BCUT2D eigenvalue weighted by Crippen LogP contribution is -2.48. The van der Waals surface area contributed by atoms with Crippen LogP contribution in [0.2, 0.25) is 0 Å². The first-order valence-electron chi connectivity index (χ1n) is 4.13. The summed E-state index contributed by atoms with van der Waals surface area (Å²) >= 11 is 0. The Balaban J connectivity index is 2.97. The van der Waals surface area contributed by atoms with Crippen LogP contribution >= 0.6 is 0 Å². The van der Waals surface area contributed by atoms with Gasteiger partial charge in [-0.05, 0) is 12.8 Å². The standard InChI is InChI=1S/C8H11F3N2O/c9-8(10,11)7(2-1-3-7)5(12)4-6(13)14/h4H,1-3,12H2,(H2,13,14). The predicted molar refractivity (Wildman–Crippen MR) is 43.8 cm³/mol. The Kier molecular flexibility index (Phi) is 2.47. The maximum absolute atomic E-state index is 12.6. The molecule has 1 aliphatic rings. The zero-order valence-electron chi connectivity index (χ0n) is 7.40. The number of alkyl halides is 3. The minimum absolute atomic E-state index is 0.0634. The molecule has 6 heteroatoms. The molecule has 0 aliphatic heterocycles. The second-order valence-electron chi connectivity index (χ2n) is 3.44. The molecule has 14 heavy (non-hydrogen) atoms. The van der Waals surface area contributed by atoms with Crippen LogP contribution in [0.5, 0.6) is 0 Å². The zero-order valence-corrected chi connectivity index (χ0v) is 7.40. The molecule has 0 heterocycles. The first-order valence-corrected chi connectivity index (χ1v) is 4.13. The Bertz CT molecular complexity index is 279. The lowest BCUT2D eigenvalue weighted by atomic mass is 9.66. The number of halogens is 3. The highest BCUT2D eigenvalue weighted by Gasteiger charge is 2.60. The summed E-state index contributed by atoms with van der Waals surface area (Å²) in [6.07, 6.45) is -3.40. The van der Waals surface area contributed by atoms with Gasteiger partial charge in [0.25, 0.3) is 0 Å². The molecule has 4 N–H and O–H groups in total. The highest BCUT2D eigenvalue weighted by atomic mass is 19.4. The Labute approximate surface area is 78.9 Å². The predicted octanol–water partition coefficient (Wildman–Crippen LogP) is 1.05. The topological polar surface area (TPSA) is 69.1 Å². The highest BCUT2D eigenvalue weighted by molar-refractivity contribution is 5.86. The molecule has 0 atom stereocenters. The molecule has 0 aromatic heterocycles. The monoisotopic (exact) mass is 208 g/mol. The number of rotatable bonds is 2. The van der Waals surface area contributed by atoms with Gasteiger partial charge < -0.3 is 11.5 Å². The smallest absolute Gasteiger partial charge is 0.399 e. The molecule has 0 aromatic rings. The summed E-state index contributed by atoms with van der Waals surface area (Å²) in [5.74, 6) is -0.946. The van der Waals surface area contributed by atoms with Gasteiger partial charge in [-0.2, -0.15) is 13.2 Å². The fraction of sp³-hybridized carbons (Fsp3) is 0.625. The molecule has 80 valence electrons. The molecule has 1 rings (SSSR count). The van der Waals surface area contributed by atoms with Crippen molar-refractivity contribution < 1.29 is 18.0 Å². The number of hydrogen-bond donors (Lipinski definition) is 2. The van der Waals surface area contributed by atoms with Gasteiger partial charge in [0, 0.05) is 11.8 Å². The van der Waals surface area contributed by atoms with Crippen molar-refractivity contribution in [2.24, 2.45) is 16.9 Å². The van der Waals surface area contributed by atoms with Crippen LogP contribution < -0.4 is 11.5 Å². The van der Waals surface area contributed by atoms with Crippen molar-refractivity contribution in [2.75, 3.05) is 0 Å². The quantitative estimate of drug-likeness (QED) is 0.666. The minimum Gasteiger partial charge on any atom is -0.401 e. The number of primary amides is 1. The van der Waals surface area contributed by atoms with Crippen molar-refractivity contribution in [2.45, 2.75) is 25.4 Å². The molecule has 0 aromatic carbocycles. The van der Waals surface area contributed by atoms with E-state index in [0.29, 0.717) is 12.5 Å². The van der Waals surface area contributed by atoms with Crippen LogP contribution in [0, 0.1) is 5.41 Å². The molecular formula is C8H11F3N2O. The second kappa shape index (κ2) is 3.18. The second-order valence-corrected chi connectivity index (χ2v) is 3.44. The van der Waals surface area contributed by atoms with Crippen LogP contribution in [0.3, 0.4) is 0 Å². The van der Waals surface area contributed by atoms with Gasteiger partial charge in [0.1, 0.15) is 5.41 Å². The Morgan fingerprint density at radius 2 is 1.79 bits per heavy atom. The summed E-state index contributed by atoms with van der Waals surface area (Å²) in [6.45, 7) is 0. The number of carbonyl (C=O) groups excluding carboxylic acids is 1. The van der Waals surface area contributed by atoms with E-state index in [2.05, 4.69) is 0 Å². The Morgan fingerprint density at radius 1 is 1.29 bits per heavy atom. The molecule has 3 nitrogen and oxygen atoms in total. The molecule has 1 fully saturated rings. The van der Waals surface area contributed by atoms with Crippen molar-refractivity contribution >= 4 is 5.91 Å². The van der Waals surface area contributed by atoms with Crippen LogP contribution in [-0.4, -0.2) is 12.1 Å². The van der Waals surface area contributed by atoms with E-state index in [-0.39, 0.29) is 12.8 Å². The molecule has 1 amide bonds. The summed E-state index contributed by atoms with van der Waals surface area (Å²) in [5, 5.41) is 0. The van der Waals surface area contributed by atoms with Gasteiger partial charge in [0.2, 0.25) is 5.91 Å². The molecular weight excluding hydrogens is 197 g/mol. The molecule has 1 saturated carbocycles. The van der Waals surface area contributed by atoms with E-state index < -0.39 is 23.2 Å². The fourth-order valence-corrected chi connectivity index (χ4v) is 1.56. The van der Waals surface area contributed by atoms with E-state index >= 15 is 0 Å². The van der Waals surface area contributed by atoms with Gasteiger partial charge in [0.05, 0.1) is 0 Å². The number of carbonyl (C=O) groups is 1. The van der Waals surface area contributed by atoms with Gasteiger partial charge in [-0.3, -0.25) is 4.79 Å². The average Bonchev–Trinajstić information content (AvgIpc) is 1.76. The fourth-order valence-electron chi connectivity index (χ4n) is 1.56. The lowest BCUT2D eigenvalue weighted by Gasteiger charge is -2.43. The van der Waals surface area contributed by atoms with Crippen LogP contribution in [0.25, 0.3) is 0 Å². The third-order valence-electron chi connectivity index (χ3n) is 2.60. The third kappa shape index (κ3) is 1.56. The molecule has 1 aliphatic carbocycles. The first kappa shape index (κ1) is 10.9. The van der Waals surface area contributed by atoms with Gasteiger partial charge in [0.15, 0.2) is 0 Å². The van der Waals surface area contributed by atoms with Crippen LogP contribution in [0.4, 0.5) is 13.2 Å². The van der Waals surface area contributed by atoms with E-state index in [4.69, 9.17) is 11.5 Å². The van der Waals surface area contributed by atoms with Crippen molar-refractivity contribution in [3.8, 4) is 0 Å². The molecule has 0 spiro atoms. The molecule has 0 unspecified atom stereocenters. The maximum atomic E-state index is 12.6. The van der Waals surface area contributed by atoms with Crippen molar-refractivity contribution in [3.05, 3.63) is 11.8 Å². The van der Waals surface area contributed by atoms with Gasteiger partial charge >= 0.3 is 6.18 Å². The summed E-state index contributed by atoms with van der Waals surface area (Å²) in [4.78, 5) is 10.4. The SMILES string of the molecule is NC(=O)C=C(N)C1(C(F)(F)F)CCC1. The first-order chi connectivity index (χ1) is 6.29.